The van der Waals surface area contributed by atoms with Gasteiger partial charge in [0.15, 0.2) is 5.82 Å². The van der Waals surface area contributed by atoms with Crippen LogP contribution in [0, 0.1) is 5.92 Å². The summed E-state index contributed by atoms with van der Waals surface area (Å²) in [4.78, 5) is 18.3. The van der Waals surface area contributed by atoms with E-state index >= 15 is 0 Å². The SMILES string of the molecule is CC(C)(C)c1cc(NC(=O)C2CCCN(c3ncc(C(F)(F)F)cc3Cl)C2)no1. The first kappa shape index (κ1) is 21.4. The third kappa shape index (κ3) is 5.01. The van der Waals surface area contributed by atoms with E-state index in [2.05, 4.69) is 15.5 Å². The van der Waals surface area contributed by atoms with Gasteiger partial charge in [0.1, 0.15) is 11.6 Å². The number of alkyl halides is 3. The molecule has 6 nitrogen and oxygen atoms in total. The van der Waals surface area contributed by atoms with Gasteiger partial charge < -0.3 is 14.7 Å². The highest BCUT2D eigenvalue weighted by atomic mass is 35.5. The molecule has 2 aromatic heterocycles. The lowest BCUT2D eigenvalue weighted by atomic mass is 9.93. The minimum absolute atomic E-state index is 0.0906. The van der Waals surface area contributed by atoms with Gasteiger partial charge in [0, 0.05) is 30.8 Å². The zero-order chi connectivity index (χ0) is 21.4. The van der Waals surface area contributed by atoms with Gasteiger partial charge in [-0.25, -0.2) is 4.98 Å². The van der Waals surface area contributed by atoms with Crippen LogP contribution in [0.25, 0.3) is 0 Å². The van der Waals surface area contributed by atoms with E-state index in [1.807, 2.05) is 20.8 Å². The molecule has 0 bridgehead atoms. The predicted octanol–water partition coefficient (Wildman–Crippen LogP) is 4.89. The molecule has 1 aliphatic heterocycles. The predicted molar refractivity (Wildman–Crippen MR) is 103 cm³/mol. The maximum atomic E-state index is 12.8. The Hall–Kier alpha value is -2.29. The number of anilines is 2. The van der Waals surface area contributed by atoms with Gasteiger partial charge in [-0.2, -0.15) is 13.2 Å². The van der Waals surface area contributed by atoms with Crippen molar-refractivity contribution in [2.24, 2.45) is 5.92 Å². The van der Waals surface area contributed by atoms with Gasteiger partial charge in [0.05, 0.1) is 16.5 Å². The summed E-state index contributed by atoms with van der Waals surface area (Å²) in [6.07, 6.45) is -2.43. The average Bonchev–Trinajstić information content (AvgIpc) is 3.10. The molecular formula is C19H22ClF3N4O2. The molecule has 2 aromatic rings. The highest BCUT2D eigenvalue weighted by Gasteiger charge is 2.33. The topological polar surface area (TPSA) is 71.3 Å². The van der Waals surface area contributed by atoms with Crippen molar-refractivity contribution in [3.63, 3.8) is 0 Å². The summed E-state index contributed by atoms with van der Waals surface area (Å²) < 4.78 is 43.7. The zero-order valence-corrected chi connectivity index (χ0v) is 17.1. The monoisotopic (exact) mass is 430 g/mol. The molecule has 10 heteroatoms. The van der Waals surface area contributed by atoms with Crippen LogP contribution in [0.15, 0.2) is 22.9 Å². The van der Waals surface area contributed by atoms with Crippen LogP contribution in [0.2, 0.25) is 5.02 Å². The Morgan fingerprint density at radius 2 is 2.03 bits per heavy atom. The Balaban J connectivity index is 1.69. The molecule has 0 saturated carbocycles. The fraction of sp³-hybridized carbons (Fsp3) is 0.526. The minimum Gasteiger partial charge on any atom is -0.359 e. The first-order valence-corrected chi connectivity index (χ1v) is 9.58. The minimum atomic E-state index is -4.51. The van der Waals surface area contributed by atoms with Crippen molar-refractivity contribution < 1.29 is 22.5 Å². The van der Waals surface area contributed by atoms with Gasteiger partial charge in [-0.05, 0) is 18.9 Å². The van der Waals surface area contributed by atoms with E-state index in [1.165, 1.54) is 0 Å². The lowest BCUT2D eigenvalue weighted by Crippen LogP contribution is -2.41. The van der Waals surface area contributed by atoms with Gasteiger partial charge in [-0.15, -0.1) is 0 Å². The molecule has 1 unspecified atom stereocenters. The van der Waals surface area contributed by atoms with E-state index < -0.39 is 11.7 Å². The lowest BCUT2D eigenvalue weighted by molar-refractivity contribution is -0.137. The molecule has 1 fully saturated rings. The standard InChI is InChI=1S/C19H22ClF3N4O2/c1-18(2,3)14-8-15(26-29-14)25-17(28)11-5-4-6-27(10-11)16-13(20)7-12(9-24-16)19(21,22)23/h7-9,11H,4-6,10H2,1-3H3,(H,25,26,28). The van der Waals surface area contributed by atoms with Gasteiger partial charge in [0.25, 0.3) is 0 Å². The van der Waals surface area contributed by atoms with E-state index in [0.29, 0.717) is 37.5 Å². The fourth-order valence-corrected chi connectivity index (χ4v) is 3.40. The number of aromatic nitrogens is 2. The van der Waals surface area contributed by atoms with Crippen LogP contribution in [0.1, 0.15) is 44.9 Å². The third-order valence-electron chi connectivity index (χ3n) is 4.74. The molecule has 158 valence electrons. The number of hydrogen-bond donors (Lipinski definition) is 1. The smallest absolute Gasteiger partial charge is 0.359 e. The number of piperidine rings is 1. The molecule has 1 amide bonds. The number of nitrogens with zero attached hydrogens (tertiary/aromatic N) is 3. The summed E-state index contributed by atoms with van der Waals surface area (Å²) in [7, 11) is 0. The van der Waals surface area contributed by atoms with Gasteiger partial charge >= 0.3 is 6.18 Å². The molecule has 0 spiro atoms. The van der Waals surface area contributed by atoms with Crippen LogP contribution in [0.3, 0.4) is 0 Å². The number of pyridine rings is 1. The highest BCUT2D eigenvalue weighted by Crippen LogP contribution is 2.35. The van der Waals surface area contributed by atoms with E-state index in [0.717, 1.165) is 12.3 Å². The summed E-state index contributed by atoms with van der Waals surface area (Å²) in [6, 6.07) is 2.55. The Kier molecular flexibility index (Phi) is 5.80. The first-order chi connectivity index (χ1) is 13.4. The van der Waals surface area contributed by atoms with Crippen molar-refractivity contribution in [2.75, 3.05) is 23.3 Å². The van der Waals surface area contributed by atoms with Crippen LogP contribution < -0.4 is 10.2 Å². The number of hydrogen-bond acceptors (Lipinski definition) is 5. The maximum absolute atomic E-state index is 12.8. The molecule has 3 rings (SSSR count). The Morgan fingerprint density at radius 1 is 1.31 bits per heavy atom. The molecule has 3 heterocycles. The van der Waals surface area contributed by atoms with E-state index in [1.54, 1.807) is 11.0 Å². The number of amides is 1. The molecule has 1 N–H and O–H groups in total. The number of rotatable bonds is 3. The molecular weight excluding hydrogens is 409 g/mol. The second-order valence-electron chi connectivity index (χ2n) is 8.13. The zero-order valence-electron chi connectivity index (χ0n) is 16.3. The summed E-state index contributed by atoms with van der Waals surface area (Å²) in [5, 5.41) is 6.54. The number of halogens is 4. The second-order valence-corrected chi connectivity index (χ2v) is 8.54. The van der Waals surface area contributed by atoms with E-state index in [4.69, 9.17) is 16.1 Å². The van der Waals surface area contributed by atoms with Crippen molar-refractivity contribution in [3.05, 3.63) is 34.7 Å². The van der Waals surface area contributed by atoms with Gasteiger partial charge in [-0.3, -0.25) is 4.79 Å². The summed E-state index contributed by atoms with van der Waals surface area (Å²) >= 11 is 6.04. The van der Waals surface area contributed by atoms with Crippen LogP contribution in [-0.4, -0.2) is 29.1 Å². The van der Waals surface area contributed by atoms with Crippen molar-refractivity contribution in [2.45, 2.75) is 45.2 Å². The number of carbonyl (C=O) groups is 1. The first-order valence-electron chi connectivity index (χ1n) is 9.21. The molecule has 0 aromatic carbocycles. The number of carbonyl (C=O) groups excluding carboxylic acids is 1. The quantitative estimate of drug-likeness (QED) is 0.750. The highest BCUT2D eigenvalue weighted by molar-refractivity contribution is 6.33. The Labute approximate surface area is 171 Å². The van der Waals surface area contributed by atoms with Crippen molar-refractivity contribution in [3.8, 4) is 0 Å². The van der Waals surface area contributed by atoms with Crippen molar-refractivity contribution >= 4 is 29.1 Å². The molecule has 0 aliphatic carbocycles. The largest absolute Gasteiger partial charge is 0.417 e. The van der Waals surface area contributed by atoms with E-state index in [9.17, 15) is 18.0 Å². The maximum Gasteiger partial charge on any atom is 0.417 e. The summed E-state index contributed by atoms with van der Waals surface area (Å²) in [5.74, 6) is 0.625. The van der Waals surface area contributed by atoms with Crippen LogP contribution in [-0.2, 0) is 16.4 Å². The Bertz CT molecular complexity index is 892. The van der Waals surface area contributed by atoms with Gasteiger partial charge in [0.2, 0.25) is 5.91 Å². The molecule has 29 heavy (non-hydrogen) atoms. The second kappa shape index (κ2) is 7.85. The number of nitrogens with one attached hydrogen (secondary N) is 1. The van der Waals surface area contributed by atoms with Crippen LogP contribution in [0.4, 0.5) is 24.8 Å². The molecule has 1 atom stereocenters. The van der Waals surface area contributed by atoms with Gasteiger partial charge in [-0.1, -0.05) is 37.5 Å². The van der Waals surface area contributed by atoms with Crippen LogP contribution in [0.5, 0.6) is 0 Å². The molecule has 0 radical (unpaired) electrons. The van der Waals surface area contributed by atoms with Crippen LogP contribution >= 0.6 is 11.6 Å². The molecule has 1 aliphatic rings. The van der Waals surface area contributed by atoms with E-state index in [-0.39, 0.29) is 28.1 Å². The Morgan fingerprint density at radius 3 is 2.62 bits per heavy atom. The fourth-order valence-electron chi connectivity index (χ4n) is 3.12. The lowest BCUT2D eigenvalue weighted by Gasteiger charge is -2.33. The van der Waals surface area contributed by atoms with Crippen molar-refractivity contribution in [1.29, 1.82) is 0 Å². The molecule has 1 saturated heterocycles. The average molecular weight is 431 g/mol. The third-order valence-corrected chi connectivity index (χ3v) is 5.02. The summed E-state index contributed by atoms with van der Waals surface area (Å²) in [6.45, 7) is 6.77. The summed E-state index contributed by atoms with van der Waals surface area (Å²) in [5.41, 5.74) is -1.14. The van der Waals surface area contributed by atoms with Crippen molar-refractivity contribution in [1.82, 2.24) is 10.1 Å². The normalized spacial score (nSPS) is 18.0.